The van der Waals surface area contributed by atoms with E-state index in [1.165, 1.54) is 6.07 Å². The van der Waals surface area contributed by atoms with Gasteiger partial charge >= 0.3 is 0 Å². The van der Waals surface area contributed by atoms with Gasteiger partial charge in [-0.25, -0.2) is 9.37 Å². The molecular formula is C14H13Cl2FN2. The zero-order valence-corrected chi connectivity index (χ0v) is 11.9. The van der Waals surface area contributed by atoms with Crippen molar-refractivity contribution in [1.29, 1.82) is 0 Å². The van der Waals surface area contributed by atoms with Gasteiger partial charge in [-0.1, -0.05) is 35.3 Å². The summed E-state index contributed by atoms with van der Waals surface area (Å²) in [5.74, 6) is -0.262. The molecule has 1 heterocycles. The molecule has 0 bridgehead atoms. The molecule has 100 valence electrons. The summed E-state index contributed by atoms with van der Waals surface area (Å²) in [4.78, 5) is 6.05. The van der Waals surface area contributed by atoms with Crippen LogP contribution in [0.1, 0.15) is 12.6 Å². The van der Waals surface area contributed by atoms with Gasteiger partial charge in [0.1, 0.15) is 11.0 Å². The molecule has 0 aliphatic carbocycles. The number of hydrogen-bond donors (Lipinski definition) is 0. The van der Waals surface area contributed by atoms with E-state index in [2.05, 4.69) is 4.98 Å². The van der Waals surface area contributed by atoms with E-state index < -0.39 is 0 Å². The third-order valence-corrected chi connectivity index (χ3v) is 3.35. The first-order chi connectivity index (χ1) is 9.11. The lowest BCUT2D eigenvalue weighted by atomic mass is 10.2. The lowest BCUT2D eigenvalue weighted by Gasteiger charge is -2.23. The Morgan fingerprint density at radius 2 is 1.89 bits per heavy atom. The average molecular weight is 299 g/mol. The first-order valence-electron chi connectivity index (χ1n) is 5.92. The second-order valence-electron chi connectivity index (χ2n) is 4.03. The quantitative estimate of drug-likeness (QED) is 0.770. The van der Waals surface area contributed by atoms with Crippen LogP contribution in [-0.4, -0.2) is 11.5 Å². The summed E-state index contributed by atoms with van der Waals surface area (Å²) in [6.45, 7) is 3.01. The van der Waals surface area contributed by atoms with E-state index in [4.69, 9.17) is 23.2 Å². The maximum Gasteiger partial charge on any atom is 0.146 e. The van der Waals surface area contributed by atoms with Gasteiger partial charge in [0.25, 0.3) is 0 Å². The minimum Gasteiger partial charge on any atom is -0.363 e. The second kappa shape index (κ2) is 6.22. The smallest absolute Gasteiger partial charge is 0.146 e. The highest BCUT2D eigenvalue weighted by Gasteiger charge is 2.13. The van der Waals surface area contributed by atoms with E-state index in [-0.39, 0.29) is 5.82 Å². The SMILES string of the molecule is CCN(Cc1nc(Cl)ccc1Cl)c1ccccc1F. The number of aromatic nitrogens is 1. The topological polar surface area (TPSA) is 16.1 Å². The van der Waals surface area contributed by atoms with Crippen molar-refractivity contribution in [2.75, 3.05) is 11.4 Å². The minimum absolute atomic E-state index is 0.262. The molecule has 1 aromatic heterocycles. The molecule has 19 heavy (non-hydrogen) atoms. The number of rotatable bonds is 4. The van der Waals surface area contributed by atoms with E-state index in [9.17, 15) is 4.39 Å². The van der Waals surface area contributed by atoms with Crippen molar-refractivity contribution < 1.29 is 4.39 Å². The average Bonchev–Trinajstić information content (AvgIpc) is 2.41. The fraction of sp³-hybridized carbons (Fsp3) is 0.214. The highest BCUT2D eigenvalue weighted by atomic mass is 35.5. The van der Waals surface area contributed by atoms with Crippen molar-refractivity contribution in [3.05, 3.63) is 58.1 Å². The number of nitrogens with zero attached hydrogens (tertiary/aromatic N) is 2. The third-order valence-electron chi connectivity index (χ3n) is 2.80. The summed E-state index contributed by atoms with van der Waals surface area (Å²) >= 11 is 11.9. The number of benzene rings is 1. The Labute approximate surface area is 121 Å². The number of pyridine rings is 1. The number of anilines is 1. The van der Waals surface area contributed by atoms with Gasteiger partial charge in [0.15, 0.2) is 0 Å². The number of hydrogen-bond acceptors (Lipinski definition) is 2. The fourth-order valence-electron chi connectivity index (χ4n) is 1.82. The molecule has 1 aromatic carbocycles. The van der Waals surface area contributed by atoms with Crippen LogP contribution in [0.3, 0.4) is 0 Å². The molecule has 0 saturated carbocycles. The molecule has 2 rings (SSSR count). The Balaban J connectivity index is 2.29. The van der Waals surface area contributed by atoms with Crippen LogP contribution < -0.4 is 4.90 Å². The standard InChI is InChI=1S/C14H13Cl2FN2/c1-2-19(13-6-4-3-5-11(13)17)9-12-10(15)7-8-14(16)18-12/h3-8H,2,9H2,1H3. The summed E-state index contributed by atoms with van der Waals surface area (Å²) < 4.78 is 13.8. The van der Waals surface area contributed by atoms with Crippen molar-refractivity contribution in [3.63, 3.8) is 0 Å². The van der Waals surface area contributed by atoms with Crippen molar-refractivity contribution in [2.45, 2.75) is 13.5 Å². The Hall–Kier alpha value is -1.32. The zero-order chi connectivity index (χ0) is 13.8. The Morgan fingerprint density at radius 1 is 1.16 bits per heavy atom. The molecule has 0 saturated heterocycles. The van der Waals surface area contributed by atoms with E-state index in [1.54, 1.807) is 30.3 Å². The summed E-state index contributed by atoms with van der Waals surface area (Å²) in [5.41, 5.74) is 1.17. The summed E-state index contributed by atoms with van der Waals surface area (Å²) in [6, 6.07) is 9.96. The highest BCUT2D eigenvalue weighted by molar-refractivity contribution is 6.32. The van der Waals surface area contributed by atoms with Gasteiger partial charge in [0.2, 0.25) is 0 Å². The van der Waals surface area contributed by atoms with Gasteiger partial charge in [-0.3, -0.25) is 0 Å². The molecule has 0 spiro atoms. The van der Waals surface area contributed by atoms with Gasteiger partial charge in [-0.05, 0) is 31.2 Å². The summed E-state index contributed by atoms with van der Waals surface area (Å²) in [6.07, 6.45) is 0. The largest absolute Gasteiger partial charge is 0.363 e. The maximum absolute atomic E-state index is 13.8. The first-order valence-corrected chi connectivity index (χ1v) is 6.67. The molecule has 0 aliphatic heterocycles. The predicted molar refractivity (Wildman–Crippen MR) is 77.4 cm³/mol. The molecule has 0 atom stereocenters. The number of halogens is 3. The van der Waals surface area contributed by atoms with Crippen LogP contribution in [0.25, 0.3) is 0 Å². The van der Waals surface area contributed by atoms with Crippen LogP contribution in [0.4, 0.5) is 10.1 Å². The first kappa shape index (κ1) is 14.1. The van der Waals surface area contributed by atoms with E-state index in [0.29, 0.717) is 34.6 Å². The van der Waals surface area contributed by atoms with Gasteiger partial charge in [-0.2, -0.15) is 0 Å². The molecule has 0 N–H and O–H groups in total. The molecular weight excluding hydrogens is 286 g/mol. The van der Waals surface area contributed by atoms with Crippen LogP contribution in [0.5, 0.6) is 0 Å². The van der Waals surface area contributed by atoms with Crippen molar-refractivity contribution in [2.24, 2.45) is 0 Å². The van der Waals surface area contributed by atoms with Crippen molar-refractivity contribution >= 4 is 28.9 Å². The molecule has 0 aliphatic rings. The van der Waals surface area contributed by atoms with E-state index >= 15 is 0 Å². The molecule has 0 unspecified atom stereocenters. The van der Waals surface area contributed by atoms with Crippen molar-refractivity contribution in [3.8, 4) is 0 Å². The van der Waals surface area contributed by atoms with E-state index in [0.717, 1.165) is 0 Å². The van der Waals surface area contributed by atoms with Crippen LogP contribution in [0, 0.1) is 5.82 Å². The normalized spacial score (nSPS) is 10.5. The van der Waals surface area contributed by atoms with Crippen LogP contribution in [-0.2, 0) is 6.54 Å². The predicted octanol–water partition coefficient (Wildman–Crippen LogP) is 4.55. The minimum atomic E-state index is -0.262. The summed E-state index contributed by atoms with van der Waals surface area (Å²) in [5, 5.41) is 0.906. The molecule has 0 fully saturated rings. The van der Waals surface area contributed by atoms with Gasteiger partial charge in [-0.15, -0.1) is 0 Å². The van der Waals surface area contributed by atoms with Crippen LogP contribution in [0.2, 0.25) is 10.2 Å². The van der Waals surface area contributed by atoms with Crippen LogP contribution >= 0.6 is 23.2 Å². The molecule has 0 radical (unpaired) electrons. The molecule has 2 aromatic rings. The Bertz CT molecular complexity index is 575. The van der Waals surface area contributed by atoms with Gasteiger partial charge in [0, 0.05) is 6.54 Å². The maximum atomic E-state index is 13.8. The number of para-hydroxylation sites is 1. The molecule has 2 nitrogen and oxygen atoms in total. The fourth-order valence-corrected chi connectivity index (χ4v) is 2.15. The molecule has 0 amide bonds. The molecule has 5 heteroatoms. The Morgan fingerprint density at radius 3 is 2.58 bits per heavy atom. The third kappa shape index (κ3) is 3.37. The lowest BCUT2D eigenvalue weighted by Crippen LogP contribution is -2.23. The summed E-state index contributed by atoms with van der Waals surface area (Å²) in [7, 11) is 0. The Kier molecular flexibility index (Phi) is 4.61. The van der Waals surface area contributed by atoms with E-state index in [1.807, 2.05) is 11.8 Å². The monoisotopic (exact) mass is 298 g/mol. The van der Waals surface area contributed by atoms with Crippen LogP contribution in [0.15, 0.2) is 36.4 Å². The van der Waals surface area contributed by atoms with Gasteiger partial charge in [0.05, 0.1) is 22.9 Å². The highest BCUT2D eigenvalue weighted by Crippen LogP contribution is 2.23. The van der Waals surface area contributed by atoms with Gasteiger partial charge < -0.3 is 4.90 Å². The van der Waals surface area contributed by atoms with Crippen molar-refractivity contribution in [1.82, 2.24) is 4.98 Å². The lowest BCUT2D eigenvalue weighted by molar-refractivity contribution is 0.617. The zero-order valence-electron chi connectivity index (χ0n) is 10.4. The second-order valence-corrected chi connectivity index (χ2v) is 4.82.